The zero-order chi connectivity index (χ0) is 17.8. The summed E-state index contributed by atoms with van der Waals surface area (Å²) in [5.41, 5.74) is 3.64. The second-order valence-corrected chi connectivity index (χ2v) is 6.03. The molecule has 2 aromatic rings. The van der Waals surface area contributed by atoms with Crippen LogP contribution in [-0.4, -0.2) is 35.0 Å². The molecular weight excluding hydrogens is 318 g/mol. The van der Waals surface area contributed by atoms with Gasteiger partial charge >= 0.3 is 0 Å². The van der Waals surface area contributed by atoms with Crippen LogP contribution in [0.4, 0.5) is 0 Å². The van der Waals surface area contributed by atoms with Crippen molar-refractivity contribution in [2.45, 2.75) is 18.9 Å². The maximum atomic E-state index is 5.72. The first-order valence-electron chi connectivity index (χ1n) is 8.39. The summed E-state index contributed by atoms with van der Waals surface area (Å²) < 4.78 is 22.0. The van der Waals surface area contributed by atoms with Crippen molar-refractivity contribution >= 4 is 0 Å². The number of nitrogens with one attached hydrogen (secondary N) is 1. The Morgan fingerprint density at radius 2 is 1.64 bits per heavy atom. The Bertz CT molecular complexity index is 727. The minimum atomic E-state index is 0.159. The van der Waals surface area contributed by atoms with Crippen LogP contribution in [-0.2, 0) is 12.8 Å². The third-order valence-electron chi connectivity index (χ3n) is 4.69. The molecule has 0 radical (unpaired) electrons. The van der Waals surface area contributed by atoms with Crippen LogP contribution < -0.4 is 24.3 Å². The minimum Gasteiger partial charge on any atom is -0.497 e. The third kappa shape index (κ3) is 3.37. The van der Waals surface area contributed by atoms with Gasteiger partial charge in [-0.05, 0) is 48.7 Å². The molecule has 0 aliphatic carbocycles. The van der Waals surface area contributed by atoms with Crippen molar-refractivity contribution in [1.29, 1.82) is 0 Å². The minimum absolute atomic E-state index is 0.159. The summed E-state index contributed by atoms with van der Waals surface area (Å²) in [4.78, 5) is 0. The maximum Gasteiger partial charge on any atom is 0.203 e. The highest BCUT2D eigenvalue weighted by molar-refractivity contribution is 5.61. The summed E-state index contributed by atoms with van der Waals surface area (Å²) >= 11 is 0. The van der Waals surface area contributed by atoms with E-state index in [-0.39, 0.29) is 6.04 Å². The largest absolute Gasteiger partial charge is 0.497 e. The van der Waals surface area contributed by atoms with E-state index in [0.29, 0.717) is 11.5 Å². The van der Waals surface area contributed by atoms with E-state index in [9.17, 15) is 0 Å². The number of hydrogen-bond donors (Lipinski definition) is 1. The molecule has 1 unspecified atom stereocenters. The van der Waals surface area contributed by atoms with Crippen LogP contribution >= 0.6 is 0 Å². The van der Waals surface area contributed by atoms with Gasteiger partial charge in [-0.3, -0.25) is 0 Å². The highest BCUT2D eigenvalue weighted by atomic mass is 16.5. The van der Waals surface area contributed by atoms with Gasteiger partial charge in [-0.15, -0.1) is 0 Å². The fourth-order valence-corrected chi connectivity index (χ4v) is 3.47. The molecule has 25 heavy (non-hydrogen) atoms. The zero-order valence-corrected chi connectivity index (χ0v) is 15.2. The number of hydrogen-bond acceptors (Lipinski definition) is 5. The molecule has 1 atom stereocenters. The molecule has 3 rings (SSSR count). The zero-order valence-electron chi connectivity index (χ0n) is 15.2. The number of benzene rings is 2. The third-order valence-corrected chi connectivity index (χ3v) is 4.69. The Labute approximate surface area is 148 Å². The van der Waals surface area contributed by atoms with Crippen molar-refractivity contribution in [1.82, 2.24) is 5.32 Å². The molecule has 1 aliphatic heterocycles. The van der Waals surface area contributed by atoms with E-state index in [1.54, 1.807) is 28.4 Å². The highest BCUT2D eigenvalue weighted by Gasteiger charge is 2.29. The lowest BCUT2D eigenvalue weighted by Crippen LogP contribution is -2.31. The first kappa shape index (κ1) is 17.4. The molecule has 0 amide bonds. The summed E-state index contributed by atoms with van der Waals surface area (Å²) in [5.74, 6) is 2.97. The normalized spacial score (nSPS) is 16.1. The Morgan fingerprint density at radius 3 is 2.24 bits per heavy atom. The van der Waals surface area contributed by atoms with Gasteiger partial charge in [0.2, 0.25) is 5.75 Å². The molecule has 5 nitrogen and oxygen atoms in total. The fraction of sp³-hybridized carbons (Fsp3) is 0.400. The van der Waals surface area contributed by atoms with E-state index in [1.165, 1.54) is 11.1 Å². The van der Waals surface area contributed by atoms with Gasteiger partial charge in [-0.25, -0.2) is 0 Å². The van der Waals surface area contributed by atoms with Gasteiger partial charge in [0, 0.05) is 11.6 Å². The van der Waals surface area contributed by atoms with Crippen LogP contribution in [0.1, 0.15) is 22.7 Å². The van der Waals surface area contributed by atoms with Crippen molar-refractivity contribution in [2.75, 3.05) is 35.0 Å². The quantitative estimate of drug-likeness (QED) is 0.873. The number of methoxy groups -OCH3 is 4. The molecule has 0 spiro atoms. The van der Waals surface area contributed by atoms with Gasteiger partial charge in [0.15, 0.2) is 11.5 Å². The summed E-state index contributed by atoms with van der Waals surface area (Å²) in [6, 6.07) is 10.4. The molecule has 0 saturated heterocycles. The smallest absolute Gasteiger partial charge is 0.203 e. The second-order valence-electron chi connectivity index (χ2n) is 6.03. The fourth-order valence-electron chi connectivity index (χ4n) is 3.47. The summed E-state index contributed by atoms with van der Waals surface area (Å²) in [6.07, 6.45) is 1.80. The first-order valence-corrected chi connectivity index (χ1v) is 8.39. The van der Waals surface area contributed by atoms with Crippen LogP contribution in [0.25, 0.3) is 0 Å². The standard InChI is InChI=1S/C20H25NO4/c1-22-15-7-5-13(6-8-15)11-16-18-14(9-10-21-16)12-17(23-2)19(24-3)20(18)25-4/h5-8,12,16,21H,9-11H2,1-4H3. The van der Waals surface area contributed by atoms with E-state index >= 15 is 0 Å². The van der Waals surface area contributed by atoms with E-state index < -0.39 is 0 Å². The van der Waals surface area contributed by atoms with E-state index in [0.717, 1.165) is 36.4 Å². The van der Waals surface area contributed by atoms with E-state index in [1.807, 2.05) is 12.1 Å². The van der Waals surface area contributed by atoms with Crippen LogP contribution in [0.3, 0.4) is 0 Å². The lowest BCUT2D eigenvalue weighted by atomic mass is 9.89. The molecule has 134 valence electrons. The summed E-state index contributed by atoms with van der Waals surface area (Å²) in [7, 11) is 6.65. The summed E-state index contributed by atoms with van der Waals surface area (Å²) in [6.45, 7) is 0.923. The van der Waals surface area contributed by atoms with Crippen LogP contribution in [0.5, 0.6) is 23.0 Å². The number of rotatable bonds is 6. The molecule has 0 aromatic heterocycles. The maximum absolute atomic E-state index is 5.72. The monoisotopic (exact) mass is 343 g/mol. The molecule has 0 saturated carbocycles. The van der Waals surface area contributed by atoms with Crippen LogP contribution in [0, 0.1) is 0 Å². The van der Waals surface area contributed by atoms with Crippen molar-refractivity contribution in [3.63, 3.8) is 0 Å². The van der Waals surface area contributed by atoms with Gasteiger partial charge in [0.25, 0.3) is 0 Å². The van der Waals surface area contributed by atoms with Crippen molar-refractivity contribution < 1.29 is 18.9 Å². The van der Waals surface area contributed by atoms with Crippen LogP contribution in [0.15, 0.2) is 30.3 Å². The lowest BCUT2D eigenvalue weighted by Gasteiger charge is -2.30. The molecule has 1 aliphatic rings. The summed E-state index contributed by atoms with van der Waals surface area (Å²) in [5, 5.41) is 3.61. The van der Waals surface area contributed by atoms with Gasteiger partial charge in [0.1, 0.15) is 5.75 Å². The molecule has 0 bridgehead atoms. The highest BCUT2D eigenvalue weighted by Crippen LogP contribution is 2.46. The van der Waals surface area contributed by atoms with Gasteiger partial charge in [0.05, 0.1) is 28.4 Å². The molecule has 5 heteroatoms. The van der Waals surface area contributed by atoms with Crippen molar-refractivity contribution in [3.05, 3.63) is 47.0 Å². The Kier molecular flexibility index (Phi) is 5.34. The molecule has 1 N–H and O–H groups in total. The van der Waals surface area contributed by atoms with Crippen LogP contribution in [0.2, 0.25) is 0 Å². The number of fused-ring (bicyclic) bond motifs is 1. The predicted octanol–water partition coefficient (Wildman–Crippen LogP) is 3.15. The topological polar surface area (TPSA) is 49.0 Å². The SMILES string of the molecule is COc1ccc(CC2NCCc3cc(OC)c(OC)c(OC)c32)cc1. The number of ether oxygens (including phenoxy) is 4. The van der Waals surface area contributed by atoms with Gasteiger partial charge < -0.3 is 24.3 Å². The first-order chi connectivity index (χ1) is 12.2. The van der Waals surface area contributed by atoms with Gasteiger partial charge in [-0.2, -0.15) is 0 Å². The predicted molar refractivity (Wildman–Crippen MR) is 97.2 cm³/mol. The molecule has 2 aromatic carbocycles. The average Bonchev–Trinajstić information content (AvgIpc) is 2.67. The Hall–Kier alpha value is -2.40. The Morgan fingerprint density at radius 1 is 0.920 bits per heavy atom. The Balaban J connectivity index is 1.99. The van der Waals surface area contributed by atoms with Crippen molar-refractivity contribution in [2.24, 2.45) is 0 Å². The van der Waals surface area contributed by atoms with E-state index in [2.05, 4.69) is 23.5 Å². The lowest BCUT2D eigenvalue weighted by molar-refractivity contribution is 0.316. The molecule has 1 heterocycles. The van der Waals surface area contributed by atoms with E-state index in [4.69, 9.17) is 18.9 Å². The second kappa shape index (κ2) is 7.66. The van der Waals surface area contributed by atoms with Gasteiger partial charge in [-0.1, -0.05) is 12.1 Å². The molecule has 0 fully saturated rings. The molecular formula is C20H25NO4. The van der Waals surface area contributed by atoms with Crippen molar-refractivity contribution in [3.8, 4) is 23.0 Å². The average molecular weight is 343 g/mol.